The van der Waals surface area contributed by atoms with Gasteiger partial charge >= 0.3 is 0 Å². The monoisotopic (exact) mass is 248 g/mol. The third-order valence-corrected chi connectivity index (χ3v) is 2.56. The first-order valence-electron chi connectivity index (χ1n) is 4.70. The lowest BCUT2D eigenvalue weighted by atomic mass is 10.1. The average molecular weight is 249 g/mol. The number of benzene rings is 1. The average Bonchev–Trinajstić information content (AvgIpc) is 2.29. The summed E-state index contributed by atoms with van der Waals surface area (Å²) in [4.78, 5) is 13.9. The van der Waals surface area contributed by atoms with Crippen molar-refractivity contribution in [1.82, 2.24) is 4.98 Å². The molecule has 0 spiro atoms. The van der Waals surface area contributed by atoms with Gasteiger partial charge in [-0.05, 0) is 30.3 Å². The van der Waals surface area contributed by atoms with Crippen LogP contribution in [0.5, 0.6) is 0 Å². The van der Waals surface area contributed by atoms with Crippen molar-refractivity contribution in [2.24, 2.45) is 0 Å². The largest absolute Gasteiger partial charge is 0.321 e. The van der Waals surface area contributed by atoms with E-state index in [1.165, 1.54) is 18.2 Å². The van der Waals surface area contributed by atoms with E-state index in [1.54, 1.807) is 12.1 Å². The first kappa shape index (κ1) is 11.4. The highest BCUT2D eigenvalue weighted by atomic mass is 35.5. The number of hydrogen-bond acceptors (Lipinski definition) is 2. The van der Waals surface area contributed by atoms with Crippen LogP contribution in [-0.2, 0) is 0 Å². The maximum atomic E-state index is 12.9. The molecule has 1 aromatic carbocycles. The predicted molar refractivity (Wildman–Crippen MR) is 62.2 cm³/mol. The summed E-state index contributed by atoms with van der Waals surface area (Å²) in [5, 5.41) is 8.82. The molecule has 1 aromatic heterocycles. The van der Waals surface area contributed by atoms with Crippen LogP contribution in [0.1, 0.15) is 5.56 Å². The molecule has 0 radical (unpaired) electrons. The highest BCUT2D eigenvalue weighted by Gasteiger charge is 2.07. The third-order valence-electron chi connectivity index (χ3n) is 2.25. The van der Waals surface area contributed by atoms with E-state index in [0.29, 0.717) is 11.3 Å². The number of nitrogens with one attached hydrogen (secondary N) is 1. The quantitative estimate of drug-likeness (QED) is 0.844. The van der Waals surface area contributed by atoms with Crippen LogP contribution in [0.2, 0.25) is 5.02 Å². The number of hydrogen-bond donors (Lipinski definition) is 1. The normalized spacial score (nSPS) is 9.94. The molecule has 0 saturated carbocycles. The van der Waals surface area contributed by atoms with Gasteiger partial charge in [0.2, 0.25) is 0 Å². The van der Waals surface area contributed by atoms with E-state index >= 15 is 0 Å². The second kappa shape index (κ2) is 4.40. The summed E-state index contributed by atoms with van der Waals surface area (Å²) in [7, 11) is 0. The SMILES string of the molecule is N#Cc1ccc(-c2ccc(F)cc2Cl)[nH]c1=O. The third kappa shape index (κ3) is 2.19. The Morgan fingerprint density at radius 3 is 2.65 bits per heavy atom. The second-order valence-electron chi connectivity index (χ2n) is 3.35. The van der Waals surface area contributed by atoms with E-state index in [0.717, 1.165) is 6.07 Å². The summed E-state index contributed by atoms with van der Waals surface area (Å²) in [6.45, 7) is 0. The van der Waals surface area contributed by atoms with E-state index < -0.39 is 11.4 Å². The molecule has 0 amide bonds. The van der Waals surface area contributed by atoms with Gasteiger partial charge in [0.15, 0.2) is 0 Å². The number of aromatic nitrogens is 1. The first-order chi connectivity index (χ1) is 8.11. The Morgan fingerprint density at radius 2 is 2.06 bits per heavy atom. The van der Waals surface area contributed by atoms with Crippen molar-refractivity contribution < 1.29 is 4.39 Å². The van der Waals surface area contributed by atoms with Crippen molar-refractivity contribution in [2.45, 2.75) is 0 Å². The predicted octanol–water partition coefficient (Wildman–Crippen LogP) is 2.71. The smallest absolute Gasteiger partial charge is 0.266 e. The van der Waals surface area contributed by atoms with Crippen LogP contribution in [-0.4, -0.2) is 4.98 Å². The first-order valence-corrected chi connectivity index (χ1v) is 5.08. The minimum atomic E-state index is -0.495. The molecule has 0 aliphatic carbocycles. The summed E-state index contributed by atoms with van der Waals surface area (Å²) in [6, 6.07) is 8.59. The van der Waals surface area contributed by atoms with Crippen molar-refractivity contribution in [3.05, 3.63) is 57.1 Å². The Hall–Kier alpha value is -2.12. The molecule has 1 heterocycles. The number of pyridine rings is 1. The van der Waals surface area contributed by atoms with Gasteiger partial charge in [-0.15, -0.1) is 0 Å². The Kier molecular flexibility index (Phi) is 2.94. The van der Waals surface area contributed by atoms with Gasteiger partial charge in [-0.1, -0.05) is 11.6 Å². The van der Waals surface area contributed by atoms with Crippen molar-refractivity contribution in [3.63, 3.8) is 0 Å². The van der Waals surface area contributed by atoms with Gasteiger partial charge in [-0.25, -0.2) is 4.39 Å². The van der Waals surface area contributed by atoms with Crippen molar-refractivity contribution in [1.29, 1.82) is 5.26 Å². The fourth-order valence-corrected chi connectivity index (χ4v) is 1.70. The van der Waals surface area contributed by atoms with Crippen LogP contribution in [0.3, 0.4) is 0 Å². The topological polar surface area (TPSA) is 56.6 Å². The number of rotatable bonds is 1. The number of H-pyrrole nitrogens is 1. The van der Waals surface area contributed by atoms with Gasteiger partial charge in [0.1, 0.15) is 17.4 Å². The second-order valence-corrected chi connectivity index (χ2v) is 3.76. The Morgan fingerprint density at radius 1 is 1.29 bits per heavy atom. The van der Waals surface area contributed by atoms with Crippen LogP contribution >= 0.6 is 11.6 Å². The minimum Gasteiger partial charge on any atom is -0.321 e. The van der Waals surface area contributed by atoms with Crippen LogP contribution in [0.25, 0.3) is 11.3 Å². The summed E-state index contributed by atoms with van der Waals surface area (Å²) in [5.74, 6) is -0.449. The maximum absolute atomic E-state index is 12.9. The molecule has 1 N–H and O–H groups in total. The van der Waals surface area contributed by atoms with E-state index in [2.05, 4.69) is 4.98 Å². The standard InChI is InChI=1S/C12H6ClFN2O/c13-10-5-8(14)2-3-9(10)11-4-1-7(6-15)12(17)16-11/h1-5H,(H,16,17). The van der Waals surface area contributed by atoms with Gasteiger partial charge < -0.3 is 4.98 Å². The van der Waals surface area contributed by atoms with E-state index in [-0.39, 0.29) is 10.6 Å². The van der Waals surface area contributed by atoms with Crippen LogP contribution in [0, 0.1) is 17.1 Å². The summed E-state index contributed by atoms with van der Waals surface area (Å²) >= 11 is 5.86. The molecule has 2 rings (SSSR count). The van der Waals surface area contributed by atoms with Gasteiger partial charge in [0.05, 0.1) is 5.02 Å². The minimum absolute atomic E-state index is 0.0204. The molecule has 5 heteroatoms. The number of aromatic amines is 1. The van der Waals surface area contributed by atoms with Crippen LogP contribution < -0.4 is 5.56 Å². The lowest BCUT2D eigenvalue weighted by molar-refractivity contribution is 0.628. The zero-order valence-electron chi connectivity index (χ0n) is 8.50. The zero-order chi connectivity index (χ0) is 12.4. The van der Waals surface area contributed by atoms with Gasteiger partial charge in [-0.2, -0.15) is 5.26 Å². The highest BCUT2D eigenvalue weighted by Crippen LogP contribution is 2.26. The molecule has 17 heavy (non-hydrogen) atoms. The molecule has 0 atom stereocenters. The van der Waals surface area contributed by atoms with Crippen molar-refractivity contribution >= 4 is 11.6 Å². The van der Waals surface area contributed by atoms with Crippen LogP contribution in [0.15, 0.2) is 35.1 Å². The number of nitrogens with zero attached hydrogens (tertiary/aromatic N) is 1. The molecular weight excluding hydrogens is 243 g/mol. The molecule has 0 saturated heterocycles. The molecule has 0 aliphatic rings. The lowest BCUT2D eigenvalue weighted by Crippen LogP contribution is -2.10. The highest BCUT2D eigenvalue weighted by molar-refractivity contribution is 6.33. The van der Waals surface area contributed by atoms with E-state index in [9.17, 15) is 9.18 Å². The Bertz CT molecular complexity index is 673. The molecule has 3 nitrogen and oxygen atoms in total. The molecule has 0 fully saturated rings. The summed E-state index contributed by atoms with van der Waals surface area (Å²) < 4.78 is 12.9. The Labute approximate surface area is 101 Å². The van der Waals surface area contributed by atoms with E-state index in [1.807, 2.05) is 0 Å². The Balaban J connectivity index is 2.58. The van der Waals surface area contributed by atoms with Crippen molar-refractivity contribution in [2.75, 3.05) is 0 Å². The van der Waals surface area contributed by atoms with Gasteiger partial charge in [0.25, 0.3) is 5.56 Å². The summed E-state index contributed by atoms with van der Waals surface area (Å²) in [5.41, 5.74) is 0.478. The van der Waals surface area contributed by atoms with E-state index in [4.69, 9.17) is 16.9 Å². The molecule has 0 unspecified atom stereocenters. The fourth-order valence-electron chi connectivity index (χ4n) is 1.43. The maximum Gasteiger partial charge on any atom is 0.266 e. The number of halogens is 2. The molecule has 2 aromatic rings. The summed E-state index contributed by atoms with van der Waals surface area (Å²) in [6.07, 6.45) is 0. The molecular formula is C12H6ClFN2O. The van der Waals surface area contributed by atoms with Crippen molar-refractivity contribution in [3.8, 4) is 17.3 Å². The molecule has 84 valence electrons. The van der Waals surface area contributed by atoms with Gasteiger partial charge in [-0.3, -0.25) is 4.79 Å². The fraction of sp³-hybridized carbons (Fsp3) is 0. The number of nitriles is 1. The molecule has 0 aliphatic heterocycles. The van der Waals surface area contributed by atoms with Crippen LogP contribution in [0.4, 0.5) is 4.39 Å². The lowest BCUT2D eigenvalue weighted by Gasteiger charge is -2.04. The molecule has 0 bridgehead atoms. The zero-order valence-corrected chi connectivity index (χ0v) is 9.25. The van der Waals surface area contributed by atoms with Gasteiger partial charge in [0, 0.05) is 11.3 Å².